The summed E-state index contributed by atoms with van der Waals surface area (Å²) < 4.78 is 148. The number of hydrogen-bond acceptors (Lipinski definition) is 1. The van der Waals surface area contributed by atoms with Crippen LogP contribution in [-0.2, 0) is 0 Å². The van der Waals surface area contributed by atoms with Gasteiger partial charge in [-0.05, 0) is 49.2 Å². The second-order valence-corrected chi connectivity index (χ2v) is 12.2. The molecular weight excluding hydrogens is 539 g/mol. The lowest BCUT2D eigenvalue weighted by atomic mass is 9.29. The van der Waals surface area contributed by atoms with Crippen LogP contribution < -0.4 is 10.9 Å². The lowest BCUT2D eigenvalue weighted by Crippen LogP contribution is -2.61. The van der Waals surface area contributed by atoms with E-state index in [-0.39, 0.29) is 0 Å². The predicted molar refractivity (Wildman–Crippen MR) is 126 cm³/mol. The minimum atomic E-state index is -3.61. The summed E-state index contributed by atoms with van der Waals surface area (Å²) in [4.78, 5) is 2.01. The molecule has 39 heavy (non-hydrogen) atoms. The zero-order valence-corrected chi connectivity index (χ0v) is 21.6. The SMILES string of the molecule is CC1(C)[C@@H]2CC[C@@]1(C)[C@@H](N1CCCCC1)[C@@H]2[BH-](c1c(F)c(F)c(F)c(F)c1F)c1c(F)c(F)c(F)c(F)c1F. The minimum Gasteiger partial charge on any atom is -0.303 e. The molecule has 3 aliphatic rings. The third-order valence-electron chi connectivity index (χ3n) is 10.6. The van der Waals surface area contributed by atoms with Crippen molar-refractivity contribution in [2.24, 2.45) is 16.7 Å². The molecule has 12 heteroatoms. The van der Waals surface area contributed by atoms with E-state index in [1.54, 1.807) is 0 Å². The van der Waals surface area contributed by atoms with Gasteiger partial charge in [-0.25, -0.2) is 43.9 Å². The molecule has 5 rings (SSSR count). The highest BCUT2D eigenvalue weighted by Gasteiger charge is 2.66. The Morgan fingerprint density at radius 1 is 0.590 bits per heavy atom. The fourth-order valence-electron chi connectivity index (χ4n) is 8.53. The van der Waals surface area contributed by atoms with Gasteiger partial charge < -0.3 is 4.90 Å². The smallest absolute Gasteiger partial charge is 0.200 e. The Morgan fingerprint density at radius 2 is 0.974 bits per heavy atom. The lowest BCUT2D eigenvalue weighted by Gasteiger charge is -2.52. The van der Waals surface area contributed by atoms with E-state index < -0.39 is 104 Å². The summed E-state index contributed by atoms with van der Waals surface area (Å²) in [5, 5.41) is 0. The van der Waals surface area contributed by atoms with Crippen LogP contribution in [0.5, 0.6) is 0 Å². The Bertz CT molecular complexity index is 1210. The van der Waals surface area contributed by atoms with Crippen LogP contribution in [0.3, 0.4) is 0 Å². The van der Waals surface area contributed by atoms with Crippen LogP contribution in [0.15, 0.2) is 0 Å². The Balaban J connectivity index is 1.88. The molecule has 214 valence electrons. The van der Waals surface area contributed by atoms with E-state index in [1.165, 1.54) is 0 Å². The second-order valence-electron chi connectivity index (χ2n) is 12.2. The van der Waals surface area contributed by atoms with Crippen molar-refractivity contribution in [3.05, 3.63) is 58.2 Å². The molecule has 3 fully saturated rings. The van der Waals surface area contributed by atoms with Crippen molar-refractivity contribution < 1.29 is 43.9 Å². The van der Waals surface area contributed by atoms with Gasteiger partial charge in [0.2, 0.25) is 0 Å². The largest absolute Gasteiger partial charge is 0.303 e. The number of rotatable bonds is 4. The summed E-state index contributed by atoms with van der Waals surface area (Å²) in [7, 11) is 0. The first-order chi connectivity index (χ1) is 18.2. The van der Waals surface area contributed by atoms with E-state index in [4.69, 9.17) is 0 Å². The quantitative estimate of drug-likeness (QED) is 0.187. The molecule has 0 aromatic heterocycles. The molecule has 0 spiro atoms. The van der Waals surface area contributed by atoms with E-state index in [1.807, 2.05) is 25.7 Å². The van der Waals surface area contributed by atoms with E-state index in [2.05, 4.69) is 0 Å². The van der Waals surface area contributed by atoms with Crippen molar-refractivity contribution >= 4 is 17.6 Å². The van der Waals surface area contributed by atoms with Crippen LogP contribution >= 0.6 is 0 Å². The molecule has 1 nitrogen and oxygen atoms in total. The summed E-state index contributed by atoms with van der Waals surface area (Å²) in [6.45, 7) is 3.08. The number of piperidine rings is 1. The molecule has 4 atom stereocenters. The van der Waals surface area contributed by atoms with Crippen molar-refractivity contribution in [2.75, 3.05) is 13.1 Å². The van der Waals surface area contributed by atoms with Crippen LogP contribution in [0.4, 0.5) is 43.9 Å². The van der Waals surface area contributed by atoms with Gasteiger partial charge in [0.25, 0.3) is 0 Å². The number of likely N-dealkylation sites (tertiary alicyclic amines) is 1. The molecule has 2 aromatic rings. The summed E-state index contributed by atoms with van der Waals surface area (Å²) in [5.41, 5.74) is -4.28. The monoisotopic (exact) mass is 566 g/mol. The van der Waals surface area contributed by atoms with Crippen molar-refractivity contribution in [3.63, 3.8) is 0 Å². The highest BCUT2D eigenvalue weighted by atomic mass is 19.2. The Morgan fingerprint density at radius 3 is 1.38 bits per heavy atom. The van der Waals surface area contributed by atoms with Gasteiger partial charge in [0.1, 0.15) is 23.3 Å². The highest BCUT2D eigenvalue weighted by molar-refractivity contribution is 6.86. The summed E-state index contributed by atoms with van der Waals surface area (Å²) in [6, 6.07) is -0.656. The maximum absolute atomic E-state index is 15.4. The Kier molecular flexibility index (Phi) is 6.83. The van der Waals surface area contributed by atoms with Gasteiger partial charge in [-0.1, -0.05) is 39.5 Å². The van der Waals surface area contributed by atoms with Crippen molar-refractivity contribution in [1.29, 1.82) is 0 Å². The van der Waals surface area contributed by atoms with Crippen LogP contribution in [0.1, 0.15) is 52.9 Å². The van der Waals surface area contributed by atoms with Crippen LogP contribution in [-0.4, -0.2) is 30.7 Å². The van der Waals surface area contributed by atoms with Gasteiger partial charge >= 0.3 is 0 Å². The fourth-order valence-corrected chi connectivity index (χ4v) is 8.53. The first kappa shape index (κ1) is 28.3. The molecular formula is C27H27BF10N-. The number of halogens is 10. The third kappa shape index (κ3) is 3.71. The molecule has 0 unspecified atom stereocenters. The molecule has 1 heterocycles. The Labute approximate surface area is 219 Å². The zero-order valence-electron chi connectivity index (χ0n) is 21.6. The summed E-state index contributed by atoms with van der Waals surface area (Å²) >= 11 is 0. The average molecular weight is 566 g/mol. The number of nitrogens with zero attached hydrogens (tertiary/aromatic N) is 1. The van der Waals surface area contributed by atoms with E-state index in [9.17, 15) is 26.3 Å². The van der Waals surface area contributed by atoms with E-state index in [0.29, 0.717) is 25.9 Å². The van der Waals surface area contributed by atoms with E-state index in [0.717, 1.165) is 19.3 Å². The van der Waals surface area contributed by atoms with Gasteiger partial charge in [0.05, 0.1) is 6.71 Å². The van der Waals surface area contributed by atoms with Crippen LogP contribution in [0, 0.1) is 74.9 Å². The van der Waals surface area contributed by atoms with Gasteiger partial charge in [-0.15, -0.1) is 16.7 Å². The van der Waals surface area contributed by atoms with Crippen LogP contribution in [0.2, 0.25) is 5.82 Å². The van der Waals surface area contributed by atoms with Crippen molar-refractivity contribution in [1.82, 2.24) is 4.90 Å². The molecule has 2 aliphatic carbocycles. The predicted octanol–water partition coefficient (Wildman–Crippen LogP) is 6.10. The second kappa shape index (κ2) is 9.41. The lowest BCUT2D eigenvalue weighted by molar-refractivity contribution is 0.0323. The topological polar surface area (TPSA) is 3.24 Å². The molecule has 0 amide bonds. The van der Waals surface area contributed by atoms with Gasteiger partial charge in [-0.3, -0.25) is 0 Å². The third-order valence-corrected chi connectivity index (χ3v) is 10.6. The maximum Gasteiger partial charge on any atom is 0.200 e. The molecule has 2 bridgehead atoms. The maximum atomic E-state index is 15.4. The first-order valence-electron chi connectivity index (χ1n) is 13.2. The number of benzene rings is 2. The normalized spacial score (nSPS) is 28.6. The van der Waals surface area contributed by atoms with Crippen LogP contribution in [0.25, 0.3) is 0 Å². The van der Waals surface area contributed by atoms with Crippen molar-refractivity contribution in [3.8, 4) is 0 Å². The average Bonchev–Trinajstić information content (AvgIpc) is 3.25. The van der Waals surface area contributed by atoms with Gasteiger partial charge in [0.15, 0.2) is 34.9 Å². The van der Waals surface area contributed by atoms with Gasteiger partial charge in [-0.2, -0.15) is 0 Å². The molecule has 2 saturated carbocycles. The minimum absolute atomic E-state index is 0.396. The highest BCUT2D eigenvalue weighted by Crippen LogP contribution is 2.71. The summed E-state index contributed by atoms with van der Waals surface area (Å²) in [6.07, 6.45) is 3.39. The molecule has 0 N–H and O–H groups in total. The van der Waals surface area contributed by atoms with E-state index >= 15 is 17.6 Å². The Hall–Kier alpha value is -2.24. The number of hydrogen-bond donors (Lipinski definition) is 0. The first-order valence-corrected chi connectivity index (χ1v) is 13.2. The summed E-state index contributed by atoms with van der Waals surface area (Å²) in [5.74, 6) is -25.3. The standard InChI is InChI=1S/C27H27BF10N/c1-26(2)11-7-8-27(26,3)25(39-9-5-4-6-10-39)12(11)28(13-15(29)19(33)23(37)20(34)16(13)30)14-17(31)21(35)24(38)22(36)18(14)32/h11-12,25,28H,4-10H2,1-3H3/q-1/t11-,12-,25+,27+/m1/s1. The molecule has 1 aliphatic heterocycles. The van der Waals surface area contributed by atoms with Gasteiger partial charge in [0, 0.05) is 0 Å². The molecule has 0 radical (unpaired) electrons. The molecule has 1 saturated heterocycles. The zero-order chi connectivity index (χ0) is 28.8. The fraction of sp³-hybridized carbons (Fsp3) is 0.556. The number of fused-ring (bicyclic) bond motifs is 2. The van der Waals surface area contributed by atoms with Crippen molar-refractivity contribution in [2.45, 2.75) is 64.7 Å². The molecule has 2 aromatic carbocycles.